The number of aromatic nitrogens is 1. The highest BCUT2D eigenvalue weighted by Gasteiger charge is 2.12. The van der Waals surface area contributed by atoms with E-state index >= 15 is 0 Å². The Hall–Kier alpha value is -1.67. The third-order valence-electron chi connectivity index (χ3n) is 3.48. The Balaban J connectivity index is 2.13. The summed E-state index contributed by atoms with van der Waals surface area (Å²) in [5.74, 6) is 0.661. The van der Waals surface area contributed by atoms with Gasteiger partial charge in [-0.3, -0.25) is 4.98 Å². The van der Waals surface area contributed by atoms with Gasteiger partial charge in [0.05, 0.1) is 6.61 Å². The van der Waals surface area contributed by atoms with Gasteiger partial charge in [-0.2, -0.15) is 0 Å². The van der Waals surface area contributed by atoms with E-state index in [-0.39, 0.29) is 12.5 Å². The topological polar surface area (TPSA) is 33.1 Å². The fraction of sp³-hybridized carbons (Fsp3) is 0.353. The summed E-state index contributed by atoms with van der Waals surface area (Å²) in [7, 11) is 0. The molecule has 2 aromatic rings. The average molecular weight is 255 g/mol. The monoisotopic (exact) mass is 255 g/mol. The molecule has 0 spiro atoms. The van der Waals surface area contributed by atoms with E-state index in [9.17, 15) is 5.11 Å². The summed E-state index contributed by atoms with van der Waals surface area (Å²) in [6, 6.07) is 14.5. The third kappa shape index (κ3) is 3.65. The molecule has 2 heteroatoms. The molecule has 1 aromatic carbocycles. The molecule has 0 radical (unpaired) electrons. The van der Waals surface area contributed by atoms with Crippen molar-refractivity contribution < 1.29 is 5.11 Å². The van der Waals surface area contributed by atoms with E-state index in [4.69, 9.17) is 0 Å². The van der Waals surface area contributed by atoms with Gasteiger partial charge in [0.15, 0.2) is 0 Å². The maximum absolute atomic E-state index is 9.59. The van der Waals surface area contributed by atoms with Gasteiger partial charge in [0.25, 0.3) is 0 Å². The lowest BCUT2D eigenvalue weighted by Crippen LogP contribution is -2.09. The summed E-state index contributed by atoms with van der Waals surface area (Å²) >= 11 is 0. The molecule has 0 bridgehead atoms. The lowest BCUT2D eigenvalue weighted by Gasteiger charge is -2.15. The number of aliphatic hydroxyl groups excluding tert-OH is 1. The van der Waals surface area contributed by atoms with E-state index in [1.165, 1.54) is 11.1 Å². The number of hydrogen-bond acceptors (Lipinski definition) is 2. The highest BCUT2D eigenvalue weighted by Crippen LogP contribution is 2.22. The zero-order valence-corrected chi connectivity index (χ0v) is 11.6. The van der Waals surface area contributed by atoms with Gasteiger partial charge >= 0.3 is 0 Å². The molecule has 2 nitrogen and oxygen atoms in total. The van der Waals surface area contributed by atoms with E-state index in [1.807, 2.05) is 18.2 Å². The van der Waals surface area contributed by atoms with Crippen molar-refractivity contribution in [2.75, 3.05) is 6.61 Å². The van der Waals surface area contributed by atoms with Crippen LogP contribution in [0.1, 0.15) is 42.5 Å². The Morgan fingerprint density at radius 1 is 1.00 bits per heavy atom. The molecule has 0 fully saturated rings. The molecule has 0 amide bonds. The molecule has 100 valence electrons. The molecule has 1 aromatic heterocycles. The first-order chi connectivity index (χ1) is 9.20. The lowest BCUT2D eigenvalue weighted by molar-refractivity contribution is 0.264. The minimum absolute atomic E-state index is 0.121. The first kappa shape index (κ1) is 13.8. The third-order valence-corrected chi connectivity index (χ3v) is 3.48. The van der Waals surface area contributed by atoms with Crippen molar-refractivity contribution in [2.45, 2.75) is 32.1 Å². The molecular weight excluding hydrogens is 234 g/mol. The maximum atomic E-state index is 9.59. The first-order valence-electron chi connectivity index (χ1n) is 6.81. The van der Waals surface area contributed by atoms with Crippen LogP contribution in [0.2, 0.25) is 0 Å². The Morgan fingerprint density at radius 2 is 1.68 bits per heavy atom. The minimum atomic E-state index is 0.121. The molecule has 2 rings (SSSR count). The molecule has 0 saturated carbocycles. The molecule has 1 N–H and O–H groups in total. The van der Waals surface area contributed by atoms with Crippen LogP contribution in [0.25, 0.3) is 0 Å². The van der Waals surface area contributed by atoms with Crippen LogP contribution in [0.15, 0.2) is 48.7 Å². The Kier molecular flexibility index (Phi) is 4.69. The van der Waals surface area contributed by atoms with Gasteiger partial charge in [-0.1, -0.05) is 44.2 Å². The second-order valence-electron chi connectivity index (χ2n) is 5.23. The molecule has 0 saturated heterocycles. The standard InChI is InChI=1S/C17H21NO/c1-13(2)14-6-8-15(9-7-14)16(12-19)11-17-5-3-4-10-18-17/h3-10,13,16,19H,11-12H2,1-2H3. The van der Waals surface area contributed by atoms with Crippen LogP contribution in [0.4, 0.5) is 0 Å². The predicted octanol–water partition coefficient (Wildman–Crippen LogP) is 3.52. The Bertz CT molecular complexity index is 490. The van der Waals surface area contributed by atoms with Crippen LogP contribution in [-0.4, -0.2) is 16.7 Å². The van der Waals surface area contributed by atoms with Crippen LogP contribution in [0, 0.1) is 0 Å². The van der Waals surface area contributed by atoms with Crippen molar-refractivity contribution in [1.82, 2.24) is 4.98 Å². The normalized spacial score (nSPS) is 12.6. The van der Waals surface area contributed by atoms with Crippen molar-refractivity contribution >= 4 is 0 Å². The highest BCUT2D eigenvalue weighted by atomic mass is 16.3. The van der Waals surface area contributed by atoms with E-state index in [0.717, 1.165) is 12.1 Å². The zero-order chi connectivity index (χ0) is 13.7. The van der Waals surface area contributed by atoms with E-state index in [1.54, 1.807) is 6.20 Å². The summed E-state index contributed by atoms with van der Waals surface area (Å²) in [6.45, 7) is 4.52. The van der Waals surface area contributed by atoms with E-state index in [0.29, 0.717) is 5.92 Å². The fourth-order valence-corrected chi connectivity index (χ4v) is 2.21. The molecular formula is C17H21NO. The average Bonchev–Trinajstić information content (AvgIpc) is 2.46. The number of hydrogen-bond donors (Lipinski definition) is 1. The molecule has 1 atom stereocenters. The molecule has 19 heavy (non-hydrogen) atoms. The van der Waals surface area contributed by atoms with Crippen molar-refractivity contribution in [1.29, 1.82) is 0 Å². The minimum Gasteiger partial charge on any atom is -0.396 e. The number of aliphatic hydroxyl groups is 1. The van der Waals surface area contributed by atoms with Crippen LogP contribution in [0.3, 0.4) is 0 Å². The summed E-state index contributed by atoms with van der Waals surface area (Å²) in [5.41, 5.74) is 3.53. The quantitative estimate of drug-likeness (QED) is 0.886. The van der Waals surface area contributed by atoms with E-state index in [2.05, 4.69) is 43.1 Å². The second kappa shape index (κ2) is 6.48. The smallest absolute Gasteiger partial charge is 0.0503 e. The Labute approximate surface area is 115 Å². The van der Waals surface area contributed by atoms with Crippen LogP contribution in [-0.2, 0) is 6.42 Å². The molecule has 0 aliphatic carbocycles. The van der Waals surface area contributed by atoms with E-state index < -0.39 is 0 Å². The van der Waals surface area contributed by atoms with Crippen molar-refractivity contribution in [2.24, 2.45) is 0 Å². The zero-order valence-electron chi connectivity index (χ0n) is 11.6. The van der Waals surface area contributed by atoms with Gasteiger partial charge in [0.1, 0.15) is 0 Å². The molecule has 1 unspecified atom stereocenters. The number of benzene rings is 1. The van der Waals surface area contributed by atoms with Crippen molar-refractivity contribution in [3.8, 4) is 0 Å². The SMILES string of the molecule is CC(C)c1ccc(C(CO)Cc2ccccn2)cc1. The predicted molar refractivity (Wildman–Crippen MR) is 78.3 cm³/mol. The van der Waals surface area contributed by atoms with Crippen LogP contribution in [0.5, 0.6) is 0 Å². The molecule has 0 aliphatic rings. The van der Waals surface area contributed by atoms with Crippen LogP contribution >= 0.6 is 0 Å². The van der Waals surface area contributed by atoms with Crippen molar-refractivity contribution in [3.63, 3.8) is 0 Å². The number of nitrogens with zero attached hydrogens (tertiary/aromatic N) is 1. The highest BCUT2D eigenvalue weighted by molar-refractivity contribution is 5.28. The first-order valence-corrected chi connectivity index (χ1v) is 6.81. The summed E-state index contributed by atoms with van der Waals surface area (Å²) in [5, 5.41) is 9.59. The van der Waals surface area contributed by atoms with Gasteiger partial charge in [-0.05, 0) is 35.6 Å². The van der Waals surface area contributed by atoms with Gasteiger partial charge in [-0.15, -0.1) is 0 Å². The van der Waals surface area contributed by atoms with Crippen LogP contribution < -0.4 is 0 Å². The second-order valence-corrected chi connectivity index (χ2v) is 5.23. The molecule has 1 heterocycles. The largest absolute Gasteiger partial charge is 0.396 e. The lowest BCUT2D eigenvalue weighted by atomic mass is 9.92. The maximum Gasteiger partial charge on any atom is 0.0503 e. The van der Waals surface area contributed by atoms with Gasteiger partial charge < -0.3 is 5.11 Å². The number of rotatable bonds is 5. The van der Waals surface area contributed by atoms with Gasteiger partial charge in [-0.25, -0.2) is 0 Å². The summed E-state index contributed by atoms with van der Waals surface area (Å²) < 4.78 is 0. The van der Waals surface area contributed by atoms with Gasteiger partial charge in [0, 0.05) is 17.8 Å². The fourth-order valence-electron chi connectivity index (χ4n) is 2.21. The molecule has 0 aliphatic heterocycles. The van der Waals surface area contributed by atoms with Gasteiger partial charge in [0.2, 0.25) is 0 Å². The Morgan fingerprint density at radius 3 is 2.21 bits per heavy atom. The number of pyridine rings is 1. The van der Waals surface area contributed by atoms with Crippen molar-refractivity contribution in [3.05, 3.63) is 65.5 Å². The summed E-state index contributed by atoms with van der Waals surface area (Å²) in [6.07, 6.45) is 2.57. The summed E-state index contributed by atoms with van der Waals surface area (Å²) in [4.78, 5) is 4.33.